The maximum absolute atomic E-state index is 11.1. The second kappa shape index (κ2) is 10.2. The summed E-state index contributed by atoms with van der Waals surface area (Å²) in [4.78, 5) is 15.8. The van der Waals surface area contributed by atoms with E-state index in [9.17, 15) is 4.79 Å². The molecular weight excluding hydrogens is 336 g/mol. The first-order valence-corrected chi connectivity index (χ1v) is 8.22. The van der Waals surface area contributed by atoms with Crippen molar-refractivity contribution < 1.29 is 14.3 Å². The van der Waals surface area contributed by atoms with Crippen LogP contribution in [0.2, 0.25) is 0 Å². The molecule has 0 unspecified atom stereocenters. The van der Waals surface area contributed by atoms with Crippen LogP contribution in [-0.2, 0) is 16.0 Å². The van der Waals surface area contributed by atoms with E-state index in [0.29, 0.717) is 17.3 Å². The second-order valence-corrected chi connectivity index (χ2v) is 5.61. The van der Waals surface area contributed by atoms with Crippen LogP contribution in [0.5, 0.6) is 5.75 Å². The summed E-state index contributed by atoms with van der Waals surface area (Å²) in [6, 6.07) is 11.4. The zero-order valence-corrected chi connectivity index (χ0v) is 14.8. The molecule has 0 atom stereocenters. The van der Waals surface area contributed by atoms with Crippen LogP contribution in [-0.4, -0.2) is 36.2 Å². The molecule has 0 saturated carbocycles. The standard InChI is InChI=1S/C19H20N2O3S/c1-23-19(22)14-24-17-6-2-4-15(12-17)9-11-21-18(25)8-7-16-5-3-10-20-13-16/h2-8,10,12-13H,9,11,14H2,1H3,(H,21,25)/b8-7+. The molecule has 0 aliphatic rings. The Morgan fingerprint density at radius 2 is 2.20 bits per heavy atom. The number of hydrogen-bond donors (Lipinski definition) is 1. The third kappa shape index (κ3) is 7.14. The van der Waals surface area contributed by atoms with E-state index >= 15 is 0 Å². The fourth-order valence-electron chi connectivity index (χ4n) is 2.03. The Morgan fingerprint density at radius 1 is 1.32 bits per heavy atom. The molecule has 25 heavy (non-hydrogen) atoms. The van der Waals surface area contributed by atoms with Crippen molar-refractivity contribution in [3.8, 4) is 5.75 Å². The van der Waals surface area contributed by atoms with Crippen LogP contribution in [0, 0.1) is 0 Å². The zero-order valence-electron chi connectivity index (χ0n) is 14.0. The number of nitrogens with zero attached hydrogens (tertiary/aromatic N) is 1. The third-order valence-electron chi connectivity index (χ3n) is 3.31. The van der Waals surface area contributed by atoms with E-state index in [1.165, 1.54) is 7.11 Å². The van der Waals surface area contributed by atoms with Gasteiger partial charge < -0.3 is 14.8 Å². The summed E-state index contributed by atoms with van der Waals surface area (Å²) in [5, 5.41) is 3.19. The SMILES string of the molecule is COC(=O)COc1cccc(CCNC(=S)/C=C/c2cccnc2)c1. The van der Waals surface area contributed by atoms with Crippen LogP contribution in [0.3, 0.4) is 0 Å². The van der Waals surface area contributed by atoms with Gasteiger partial charge in [-0.15, -0.1) is 0 Å². The van der Waals surface area contributed by atoms with Crippen molar-refractivity contribution in [3.05, 3.63) is 66.0 Å². The summed E-state index contributed by atoms with van der Waals surface area (Å²) < 4.78 is 9.93. The van der Waals surface area contributed by atoms with Crippen LogP contribution >= 0.6 is 12.2 Å². The number of carbonyl (C=O) groups excluding carboxylic acids is 1. The molecule has 0 aliphatic carbocycles. The predicted molar refractivity (Wildman–Crippen MR) is 102 cm³/mol. The number of carbonyl (C=O) groups is 1. The van der Waals surface area contributed by atoms with Crippen molar-refractivity contribution in [1.29, 1.82) is 0 Å². The van der Waals surface area contributed by atoms with Gasteiger partial charge in [0.05, 0.1) is 12.1 Å². The summed E-state index contributed by atoms with van der Waals surface area (Å²) in [6.45, 7) is 0.609. The summed E-state index contributed by atoms with van der Waals surface area (Å²) >= 11 is 5.28. The van der Waals surface area contributed by atoms with E-state index < -0.39 is 5.97 Å². The second-order valence-electron chi connectivity index (χ2n) is 5.17. The number of hydrogen-bond acceptors (Lipinski definition) is 5. The Balaban J connectivity index is 1.76. The molecule has 1 aromatic heterocycles. The largest absolute Gasteiger partial charge is 0.482 e. The zero-order chi connectivity index (χ0) is 17.9. The van der Waals surface area contributed by atoms with Crippen LogP contribution in [0.25, 0.3) is 6.08 Å². The minimum atomic E-state index is -0.405. The molecular formula is C19H20N2O3S. The highest BCUT2D eigenvalue weighted by atomic mass is 32.1. The normalized spacial score (nSPS) is 10.4. The minimum absolute atomic E-state index is 0.0958. The summed E-state index contributed by atoms with van der Waals surface area (Å²) in [7, 11) is 1.33. The van der Waals surface area contributed by atoms with Gasteiger partial charge in [-0.25, -0.2) is 4.79 Å². The lowest BCUT2D eigenvalue weighted by Gasteiger charge is -2.08. The smallest absolute Gasteiger partial charge is 0.343 e. The van der Waals surface area contributed by atoms with Crippen molar-refractivity contribution in [1.82, 2.24) is 10.3 Å². The molecule has 0 fully saturated rings. The van der Waals surface area contributed by atoms with E-state index in [1.807, 2.05) is 42.5 Å². The summed E-state index contributed by atoms with van der Waals surface area (Å²) in [5.74, 6) is 0.236. The van der Waals surface area contributed by atoms with Gasteiger partial charge in [-0.05, 0) is 41.8 Å². The fourth-order valence-corrected chi connectivity index (χ4v) is 2.20. The molecule has 0 saturated heterocycles. The molecule has 0 bridgehead atoms. The Bertz CT molecular complexity index is 732. The number of methoxy groups -OCH3 is 1. The van der Waals surface area contributed by atoms with E-state index in [2.05, 4.69) is 15.0 Å². The third-order valence-corrected chi connectivity index (χ3v) is 3.59. The first kappa shape index (κ1) is 18.6. The maximum Gasteiger partial charge on any atom is 0.343 e. The van der Waals surface area contributed by atoms with Crippen LogP contribution < -0.4 is 10.1 Å². The summed E-state index contributed by atoms with van der Waals surface area (Å²) in [6.07, 6.45) is 8.07. The van der Waals surface area contributed by atoms with Gasteiger partial charge in [0.25, 0.3) is 0 Å². The van der Waals surface area contributed by atoms with Gasteiger partial charge in [-0.2, -0.15) is 0 Å². The molecule has 130 valence electrons. The maximum atomic E-state index is 11.1. The number of ether oxygens (including phenoxy) is 2. The van der Waals surface area contributed by atoms with E-state index in [-0.39, 0.29) is 6.61 Å². The molecule has 1 N–H and O–H groups in total. The van der Waals surface area contributed by atoms with Gasteiger partial charge in [-0.1, -0.05) is 36.5 Å². The summed E-state index contributed by atoms with van der Waals surface area (Å²) in [5.41, 5.74) is 2.09. The molecule has 0 amide bonds. The van der Waals surface area contributed by atoms with Gasteiger partial charge in [-0.3, -0.25) is 4.98 Å². The number of aromatic nitrogens is 1. The Labute approximate surface area is 152 Å². The van der Waals surface area contributed by atoms with E-state index in [1.54, 1.807) is 18.5 Å². The molecule has 1 heterocycles. The number of esters is 1. The number of thiocarbonyl (C=S) groups is 1. The Hall–Kier alpha value is -2.73. The quantitative estimate of drug-likeness (QED) is 0.446. The predicted octanol–water partition coefficient (Wildman–Crippen LogP) is 2.81. The van der Waals surface area contributed by atoms with Crippen molar-refractivity contribution >= 4 is 29.3 Å². The van der Waals surface area contributed by atoms with Gasteiger partial charge >= 0.3 is 5.97 Å². The van der Waals surface area contributed by atoms with Crippen LogP contribution in [0.4, 0.5) is 0 Å². The highest BCUT2D eigenvalue weighted by Crippen LogP contribution is 2.13. The lowest BCUT2D eigenvalue weighted by Crippen LogP contribution is -2.22. The first-order valence-electron chi connectivity index (χ1n) is 7.82. The monoisotopic (exact) mass is 356 g/mol. The molecule has 5 nitrogen and oxygen atoms in total. The molecule has 2 aromatic rings. The Kier molecular flexibility index (Phi) is 7.59. The molecule has 2 rings (SSSR count). The lowest BCUT2D eigenvalue weighted by atomic mass is 10.1. The minimum Gasteiger partial charge on any atom is -0.482 e. The highest BCUT2D eigenvalue weighted by molar-refractivity contribution is 7.80. The van der Waals surface area contributed by atoms with Gasteiger partial charge in [0.2, 0.25) is 0 Å². The Morgan fingerprint density at radius 3 is 2.96 bits per heavy atom. The number of nitrogens with one attached hydrogen (secondary N) is 1. The van der Waals surface area contributed by atoms with Crippen molar-refractivity contribution in [3.63, 3.8) is 0 Å². The molecule has 1 aromatic carbocycles. The number of rotatable bonds is 8. The highest BCUT2D eigenvalue weighted by Gasteiger charge is 2.02. The first-order chi connectivity index (χ1) is 12.2. The number of pyridine rings is 1. The van der Waals surface area contributed by atoms with Gasteiger partial charge in [0, 0.05) is 18.9 Å². The van der Waals surface area contributed by atoms with Crippen LogP contribution in [0.15, 0.2) is 54.9 Å². The number of benzene rings is 1. The molecule has 0 radical (unpaired) electrons. The van der Waals surface area contributed by atoms with Crippen molar-refractivity contribution in [2.45, 2.75) is 6.42 Å². The van der Waals surface area contributed by atoms with Crippen molar-refractivity contribution in [2.75, 3.05) is 20.3 Å². The van der Waals surface area contributed by atoms with E-state index in [0.717, 1.165) is 17.5 Å². The average molecular weight is 356 g/mol. The molecule has 0 aliphatic heterocycles. The topological polar surface area (TPSA) is 60.5 Å². The van der Waals surface area contributed by atoms with Crippen molar-refractivity contribution in [2.24, 2.45) is 0 Å². The van der Waals surface area contributed by atoms with Crippen LogP contribution in [0.1, 0.15) is 11.1 Å². The lowest BCUT2D eigenvalue weighted by molar-refractivity contribution is -0.142. The van der Waals surface area contributed by atoms with Gasteiger partial charge in [0.1, 0.15) is 5.75 Å². The van der Waals surface area contributed by atoms with Gasteiger partial charge in [0.15, 0.2) is 6.61 Å². The van der Waals surface area contributed by atoms with E-state index in [4.69, 9.17) is 17.0 Å². The molecule has 6 heteroatoms. The average Bonchev–Trinajstić information content (AvgIpc) is 2.65. The fraction of sp³-hybridized carbons (Fsp3) is 0.211. The molecule has 0 spiro atoms.